The minimum Gasteiger partial charge on any atom is -0.369 e. The Hall–Kier alpha value is -0.380. The third kappa shape index (κ3) is 2.44. The zero-order valence-corrected chi connectivity index (χ0v) is 13.9. The van der Waals surface area contributed by atoms with Gasteiger partial charge in [-0.25, -0.2) is 0 Å². The first kappa shape index (κ1) is 14.6. The van der Waals surface area contributed by atoms with E-state index in [9.17, 15) is 0 Å². The van der Waals surface area contributed by atoms with Crippen LogP contribution in [0.25, 0.3) is 0 Å². The molecule has 0 amide bonds. The van der Waals surface area contributed by atoms with E-state index in [0.717, 1.165) is 6.42 Å². The van der Waals surface area contributed by atoms with Gasteiger partial charge in [-0.2, -0.15) is 0 Å². The smallest absolute Gasteiger partial charge is 0.0677 e. The molecule has 3 atom stereocenters. The van der Waals surface area contributed by atoms with Gasteiger partial charge >= 0.3 is 0 Å². The molecule has 2 aliphatic rings. The standard InChI is InChI=1S/C17H27NOS/c1-16(2)10-13(17(3,4)19-16)15(18)12-6-5-7-14-11(12)8-9-20-14/h8-9,12-13,15H,5-7,10,18H2,1-4H3. The molecule has 1 aromatic rings. The summed E-state index contributed by atoms with van der Waals surface area (Å²) < 4.78 is 6.25. The van der Waals surface area contributed by atoms with Gasteiger partial charge in [-0.15, -0.1) is 11.3 Å². The fraction of sp³-hybridized carbons (Fsp3) is 0.765. The Labute approximate surface area is 126 Å². The van der Waals surface area contributed by atoms with Crippen molar-refractivity contribution in [3.63, 3.8) is 0 Å². The summed E-state index contributed by atoms with van der Waals surface area (Å²) in [6, 6.07) is 2.51. The molecule has 112 valence electrons. The number of hydrogen-bond acceptors (Lipinski definition) is 3. The summed E-state index contributed by atoms with van der Waals surface area (Å²) >= 11 is 1.90. The van der Waals surface area contributed by atoms with Gasteiger partial charge < -0.3 is 10.5 Å². The Morgan fingerprint density at radius 2 is 2.10 bits per heavy atom. The first-order chi connectivity index (χ1) is 9.30. The van der Waals surface area contributed by atoms with Crippen molar-refractivity contribution >= 4 is 11.3 Å². The maximum absolute atomic E-state index is 6.75. The molecule has 1 aliphatic heterocycles. The van der Waals surface area contributed by atoms with Gasteiger partial charge in [0.15, 0.2) is 0 Å². The zero-order chi connectivity index (χ0) is 14.5. The average molecular weight is 293 g/mol. The van der Waals surface area contributed by atoms with Crippen LogP contribution >= 0.6 is 11.3 Å². The summed E-state index contributed by atoms with van der Waals surface area (Å²) in [5, 5.41) is 2.23. The lowest BCUT2D eigenvalue weighted by molar-refractivity contribution is -0.0774. The lowest BCUT2D eigenvalue weighted by Crippen LogP contribution is -2.45. The number of hydrogen-bond donors (Lipinski definition) is 1. The van der Waals surface area contributed by atoms with Crippen molar-refractivity contribution in [3.05, 3.63) is 21.9 Å². The van der Waals surface area contributed by atoms with Gasteiger partial charge in [-0.1, -0.05) is 0 Å². The van der Waals surface area contributed by atoms with Gasteiger partial charge in [0, 0.05) is 22.8 Å². The van der Waals surface area contributed by atoms with Gasteiger partial charge in [0.2, 0.25) is 0 Å². The molecule has 1 saturated heterocycles. The number of fused-ring (bicyclic) bond motifs is 1. The lowest BCUT2D eigenvalue weighted by Gasteiger charge is -2.37. The van der Waals surface area contributed by atoms with Crippen LogP contribution in [0.2, 0.25) is 0 Å². The Morgan fingerprint density at radius 3 is 2.75 bits per heavy atom. The van der Waals surface area contributed by atoms with Crippen molar-refractivity contribution in [3.8, 4) is 0 Å². The quantitative estimate of drug-likeness (QED) is 0.891. The third-order valence-corrected chi connectivity index (χ3v) is 6.17. The molecule has 0 spiro atoms. The van der Waals surface area contributed by atoms with Crippen molar-refractivity contribution in [1.82, 2.24) is 0 Å². The van der Waals surface area contributed by atoms with Crippen LogP contribution in [0.3, 0.4) is 0 Å². The van der Waals surface area contributed by atoms with Crippen molar-refractivity contribution in [2.75, 3.05) is 0 Å². The second kappa shape index (κ2) is 4.82. The Balaban J connectivity index is 1.86. The molecule has 1 aliphatic carbocycles. The zero-order valence-electron chi connectivity index (χ0n) is 13.1. The Bertz CT molecular complexity index is 491. The molecular formula is C17H27NOS. The molecule has 0 radical (unpaired) electrons. The van der Waals surface area contributed by atoms with Gasteiger partial charge in [0.1, 0.15) is 0 Å². The number of rotatable bonds is 2. The van der Waals surface area contributed by atoms with E-state index in [2.05, 4.69) is 39.1 Å². The summed E-state index contributed by atoms with van der Waals surface area (Å²) in [6.45, 7) is 8.81. The molecular weight excluding hydrogens is 266 g/mol. The summed E-state index contributed by atoms with van der Waals surface area (Å²) in [5.74, 6) is 0.958. The highest BCUT2D eigenvalue weighted by atomic mass is 32.1. The number of ether oxygens (including phenoxy) is 1. The van der Waals surface area contributed by atoms with Crippen LogP contribution in [0, 0.1) is 5.92 Å². The molecule has 20 heavy (non-hydrogen) atoms. The van der Waals surface area contributed by atoms with E-state index in [0.29, 0.717) is 11.8 Å². The summed E-state index contributed by atoms with van der Waals surface area (Å²) in [4.78, 5) is 1.56. The minimum atomic E-state index is -0.115. The molecule has 0 bridgehead atoms. The predicted octanol–water partition coefficient (Wildman–Crippen LogP) is 4.09. The van der Waals surface area contributed by atoms with Crippen LogP contribution < -0.4 is 5.73 Å². The maximum Gasteiger partial charge on any atom is 0.0677 e. The molecule has 2 nitrogen and oxygen atoms in total. The van der Waals surface area contributed by atoms with Crippen LogP contribution in [0.5, 0.6) is 0 Å². The van der Waals surface area contributed by atoms with Gasteiger partial charge in [0.25, 0.3) is 0 Å². The third-order valence-electron chi connectivity index (χ3n) is 5.17. The van der Waals surface area contributed by atoms with E-state index in [-0.39, 0.29) is 17.2 Å². The fourth-order valence-electron chi connectivity index (χ4n) is 4.41. The van der Waals surface area contributed by atoms with Crippen molar-refractivity contribution < 1.29 is 4.74 Å². The van der Waals surface area contributed by atoms with Crippen molar-refractivity contribution in [1.29, 1.82) is 0 Å². The number of aryl methyl sites for hydroxylation is 1. The van der Waals surface area contributed by atoms with Crippen LogP contribution in [0.1, 0.15) is 63.3 Å². The maximum atomic E-state index is 6.75. The Morgan fingerprint density at radius 1 is 1.35 bits per heavy atom. The summed E-state index contributed by atoms with van der Waals surface area (Å²) in [7, 11) is 0. The highest BCUT2D eigenvalue weighted by molar-refractivity contribution is 7.10. The molecule has 3 rings (SSSR count). The second-order valence-electron chi connectivity index (χ2n) is 7.65. The molecule has 3 unspecified atom stereocenters. The molecule has 1 fully saturated rings. The minimum absolute atomic E-state index is 0.0437. The predicted molar refractivity (Wildman–Crippen MR) is 85.3 cm³/mol. The van der Waals surface area contributed by atoms with Crippen LogP contribution in [-0.2, 0) is 11.2 Å². The van der Waals surface area contributed by atoms with E-state index in [1.807, 2.05) is 11.3 Å². The summed E-state index contributed by atoms with van der Waals surface area (Å²) in [6.07, 6.45) is 4.82. The highest BCUT2D eigenvalue weighted by Gasteiger charge is 2.50. The van der Waals surface area contributed by atoms with Gasteiger partial charge in [-0.3, -0.25) is 0 Å². The highest BCUT2D eigenvalue weighted by Crippen LogP contribution is 2.48. The van der Waals surface area contributed by atoms with Crippen LogP contribution in [0.15, 0.2) is 11.4 Å². The average Bonchev–Trinajstić information content (AvgIpc) is 2.89. The van der Waals surface area contributed by atoms with Crippen molar-refractivity contribution in [2.45, 2.75) is 76.5 Å². The molecule has 1 aromatic heterocycles. The van der Waals surface area contributed by atoms with Crippen LogP contribution in [-0.4, -0.2) is 17.2 Å². The first-order valence-corrected chi connectivity index (χ1v) is 8.70. The largest absolute Gasteiger partial charge is 0.369 e. The monoisotopic (exact) mass is 293 g/mol. The fourth-order valence-corrected chi connectivity index (χ4v) is 5.40. The van der Waals surface area contributed by atoms with E-state index in [1.165, 1.54) is 24.8 Å². The molecule has 2 heterocycles. The van der Waals surface area contributed by atoms with Crippen LogP contribution in [0.4, 0.5) is 0 Å². The van der Waals surface area contributed by atoms with E-state index in [4.69, 9.17) is 10.5 Å². The SMILES string of the molecule is CC1(C)CC(C(N)C2CCCc3sccc32)C(C)(C)O1. The van der Waals surface area contributed by atoms with E-state index in [1.54, 1.807) is 4.88 Å². The van der Waals surface area contributed by atoms with Gasteiger partial charge in [0.05, 0.1) is 11.2 Å². The molecule has 0 aromatic carbocycles. The van der Waals surface area contributed by atoms with Crippen molar-refractivity contribution in [2.24, 2.45) is 11.7 Å². The lowest BCUT2D eigenvalue weighted by atomic mass is 9.72. The normalized spacial score (nSPS) is 32.9. The first-order valence-electron chi connectivity index (χ1n) is 7.82. The molecule has 2 N–H and O–H groups in total. The number of thiophene rings is 1. The summed E-state index contributed by atoms with van der Waals surface area (Å²) in [5.41, 5.74) is 8.11. The molecule has 3 heteroatoms. The second-order valence-corrected chi connectivity index (χ2v) is 8.65. The number of nitrogens with two attached hydrogens (primary N) is 1. The van der Waals surface area contributed by atoms with E-state index < -0.39 is 0 Å². The van der Waals surface area contributed by atoms with E-state index >= 15 is 0 Å². The molecule has 0 saturated carbocycles. The topological polar surface area (TPSA) is 35.2 Å². The van der Waals surface area contributed by atoms with Gasteiger partial charge in [-0.05, 0) is 70.4 Å². The Kier molecular flexibility index (Phi) is 3.51.